The summed E-state index contributed by atoms with van der Waals surface area (Å²) in [7, 11) is 2.04. The van der Waals surface area contributed by atoms with E-state index in [1.807, 2.05) is 11.7 Å². The van der Waals surface area contributed by atoms with Crippen LogP contribution in [-0.4, -0.2) is 15.8 Å². The SMILES string of the molecule is CCc1cc(CC(NN)C2CC3CC3C2)n(C)n1. The minimum atomic E-state index is 0.415. The molecule has 1 aromatic heterocycles. The van der Waals surface area contributed by atoms with Crippen molar-refractivity contribution in [2.75, 3.05) is 0 Å². The van der Waals surface area contributed by atoms with Gasteiger partial charge in [0.05, 0.1) is 5.69 Å². The van der Waals surface area contributed by atoms with Gasteiger partial charge < -0.3 is 0 Å². The van der Waals surface area contributed by atoms with E-state index in [1.165, 1.54) is 30.7 Å². The maximum atomic E-state index is 5.77. The summed E-state index contributed by atoms with van der Waals surface area (Å²) in [4.78, 5) is 0. The van der Waals surface area contributed by atoms with Gasteiger partial charge in [0.25, 0.3) is 0 Å². The Morgan fingerprint density at radius 3 is 2.72 bits per heavy atom. The number of aromatic nitrogens is 2. The Kier molecular flexibility index (Phi) is 3.16. The summed E-state index contributed by atoms with van der Waals surface area (Å²) in [5.41, 5.74) is 5.53. The molecule has 18 heavy (non-hydrogen) atoms. The molecule has 0 bridgehead atoms. The topological polar surface area (TPSA) is 55.9 Å². The van der Waals surface area contributed by atoms with Crippen molar-refractivity contribution in [1.82, 2.24) is 15.2 Å². The van der Waals surface area contributed by atoms with Gasteiger partial charge in [-0.25, -0.2) is 0 Å². The fourth-order valence-corrected chi connectivity index (χ4v) is 3.61. The summed E-state index contributed by atoms with van der Waals surface area (Å²) in [5, 5.41) is 4.51. The average molecular weight is 248 g/mol. The third-order valence-electron chi connectivity index (χ3n) is 4.88. The van der Waals surface area contributed by atoms with Crippen LogP contribution in [0.15, 0.2) is 6.07 Å². The number of fused-ring (bicyclic) bond motifs is 1. The van der Waals surface area contributed by atoms with Crippen LogP contribution in [-0.2, 0) is 19.9 Å². The lowest BCUT2D eigenvalue weighted by molar-refractivity contribution is 0.331. The standard InChI is InChI=1S/C14H24N4/c1-3-12-7-13(18(2)17-12)8-14(16-15)11-5-9-4-10(9)6-11/h7,9-11,14,16H,3-6,8,15H2,1-2H3. The second-order valence-corrected chi connectivity index (χ2v) is 6.07. The lowest BCUT2D eigenvalue weighted by atomic mass is 9.91. The monoisotopic (exact) mass is 248 g/mol. The highest BCUT2D eigenvalue weighted by atomic mass is 15.3. The number of nitrogens with one attached hydrogen (secondary N) is 1. The van der Waals surface area contributed by atoms with Crippen LogP contribution in [0.1, 0.15) is 37.6 Å². The Bertz CT molecular complexity index is 415. The van der Waals surface area contributed by atoms with Crippen molar-refractivity contribution >= 4 is 0 Å². The summed E-state index contributed by atoms with van der Waals surface area (Å²) in [6, 6.07) is 2.64. The van der Waals surface area contributed by atoms with Crippen molar-refractivity contribution in [3.63, 3.8) is 0 Å². The van der Waals surface area contributed by atoms with Crippen LogP contribution in [0.3, 0.4) is 0 Å². The number of nitrogens with zero attached hydrogens (tertiary/aromatic N) is 2. The molecule has 2 aliphatic rings. The first-order chi connectivity index (χ1) is 8.71. The molecule has 100 valence electrons. The van der Waals surface area contributed by atoms with E-state index < -0.39 is 0 Å². The van der Waals surface area contributed by atoms with Gasteiger partial charge in [-0.15, -0.1) is 0 Å². The Hall–Kier alpha value is -0.870. The van der Waals surface area contributed by atoms with E-state index in [0.29, 0.717) is 6.04 Å². The molecule has 3 rings (SSSR count). The first-order valence-corrected chi connectivity index (χ1v) is 7.19. The molecule has 0 aromatic carbocycles. The molecule has 3 unspecified atom stereocenters. The third-order valence-corrected chi connectivity index (χ3v) is 4.88. The molecule has 1 aromatic rings. The number of aryl methyl sites for hydroxylation is 2. The zero-order chi connectivity index (χ0) is 12.7. The first-order valence-electron chi connectivity index (χ1n) is 7.19. The molecule has 0 spiro atoms. The third kappa shape index (κ3) is 2.19. The van der Waals surface area contributed by atoms with E-state index in [-0.39, 0.29) is 0 Å². The molecular weight excluding hydrogens is 224 g/mol. The van der Waals surface area contributed by atoms with Crippen LogP contribution < -0.4 is 11.3 Å². The van der Waals surface area contributed by atoms with E-state index in [0.717, 1.165) is 30.6 Å². The molecule has 0 saturated heterocycles. The van der Waals surface area contributed by atoms with Crippen molar-refractivity contribution in [3.8, 4) is 0 Å². The minimum absolute atomic E-state index is 0.415. The van der Waals surface area contributed by atoms with Gasteiger partial charge in [0.15, 0.2) is 0 Å². The van der Waals surface area contributed by atoms with Gasteiger partial charge in [-0.1, -0.05) is 6.92 Å². The molecular formula is C14H24N4. The van der Waals surface area contributed by atoms with Crippen molar-refractivity contribution < 1.29 is 0 Å². The average Bonchev–Trinajstić information content (AvgIpc) is 2.83. The molecule has 2 fully saturated rings. The normalized spacial score (nSPS) is 31.4. The predicted molar refractivity (Wildman–Crippen MR) is 71.7 cm³/mol. The molecule has 2 saturated carbocycles. The largest absolute Gasteiger partial charge is 0.272 e. The fourth-order valence-electron chi connectivity index (χ4n) is 3.61. The maximum Gasteiger partial charge on any atom is 0.0624 e. The van der Waals surface area contributed by atoms with E-state index in [2.05, 4.69) is 23.5 Å². The highest BCUT2D eigenvalue weighted by Gasteiger charge is 2.47. The fraction of sp³-hybridized carbons (Fsp3) is 0.786. The zero-order valence-corrected chi connectivity index (χ0v) is 11.4. The molecule has 0 aliphatic heterocycles. The summed E-state index contributed by atoms with van der Waals surface area (Å²) in [6.07, 6.45) is 6.22. The number of nitrogens with two attached hydrogens (primary N) is 1. The Labute approximate surface area is 109 Å². The highest BCUT2D eigenvalue weighted by Crippen LogP contribution is 2.55. The van der Waals surface area contributed by atoms with E-state index >= 15 is 0 Å². The van der Waals surface area contributed by atoms with Crippen LogP contribution in [0.4, 0.5) is 0 Å². The molecule has 2 aliphatic carbocycles. The highest BCUT2D eigenvalue weighted by molar-refractivity contribution is 5.12. The van der Waals surface area contributed by atoms with Gasteiger partial charge in [-0.3, -0.25) is 16.0 Å². The van der Waals surface area contributed by atoms with Crippen molar-refractivity contribution in [2.45, 2.75) is 45.1 Å². The molecule has 1 heterocycles. The molecule has 3 N–H and O–H groups in total. The Morgan fingerprint density at radius 2 is 2.17 bits per heavy atom. The number of hydrazine groups is 1. The maximum absolute atomic E-state index is 5.77. The van der Waals surface area contributed by atoms with Crippen molar-refractivity contribution in [3.05, 3.63) is 17.5 Å². The summed E-state index contributed by atoms with van der Waals surface area (Å²) in [6.45, 7) is 2.15. The molecule has 0 amide bonds. The molecule has 4 heteroatoms. The van der Waals surface area contributed by atoms with Gasteiger partial charge in [0.1, 0.15) is 0 Å². The minimum Gasteiger partial charge on any atom is -0.272 e. The molecule has 0 radical (unpaired) electrons. The Morgan fingerprint density at radius 1 is 1.44 bits per heavy atom. The van der Waals surface area contributed by atoms with Crippen molar-refractivity contribution in [2.24, 2.45) is 30.6 Å². The summed E-state index contributed by atoms with van der Waals surface area (Å²) in [5.74, 6) is 8.57. The van der Waals surface area contributed by atoms with Gasteiger partial charge in [0.2, 0.25) is 0 Å². The van der Waals surface area contributed by atoms with Crippen LogP contribution in [0.5, 0.6) is 0 Å². The second-order valence-electron chi connectivity index (χ2n) is 6.07. The van der Waals surface area contributed by atoms with Gasteiger partial charge in [0, 0.05) is 25.2 Å². The summed E-state index contributed by atoms with van der Waals surface area (Å²) >= 11 is 0. The smallest absolute Gasteiger partial charge is 0.0624 e. The van der Waals surface area contributed by atoms with E-state index in [9.17, 15) is 0 Å². The van der Waals surface area contributed by atoms with Crippen LogP contribution >= 0.6 is 0 Å². The van der Waals surface area contributed by atoms with Crippen LogP contribution in [0.2, 0.25) is 0 Å². The second kappa shape index (κ2) is 4.67. The number of hydrogen-bond donors (Lipinski definition) is 2. The zero-order valence-electron chi connectivity index (χ0n) is 11.4. The van der Waals surface area contributed by atoms with E-state index in [1.54, 1.807) is 0 Å². The quantitative estimate of drug-likeness (QED) is 0.612. The lowest BCUT2D eigenvalue weighted by Gasteiger charge is -2.23. The van der Waals surface area contributed by atoms with Gasteiger partial charge in [-0.05, 0) is 49.5 Å². The number of hydrogen-bond acceptors (Lipinski definition) is 3. The van der Waals surface area contributed by atoms with Crippen LogP contribution in [0.25, 0.3) is 0 Å². The first kappa shape index (κ1) is 12.2. The Balaban J connectivity index is 1.66. The molecule has 3 atom stereocenters. The van der Waals surface area contributed by atoms with Crippen molar-refractivity contribution in [1.29, 1.82) is 0 Å². The lowest BCUT2D eigenvalue weighted by Crippen LogP contribution is -2.42. The van der Waals surface area contributed by atoms with Gasteiger partial charge >= 0.3 is 0 Å². The number of rotatable bonds is 5. The van der Waals surface area contributed by atoms with E-state index in [4.69, 9.17) is 5.84 Å². The molecule has 4 nitrogen and oxygen atoms in total. The van der Waals surface area contributed by atoms with Crippen LogP contribution in [0, 0.1) is 17.8 Å². The predicted octanol–water partition coefficient (Wildman–Crippen LogP) is 1.40. The summed E-state index contributed by atoms with van der Waals surface area (Å²) < 4.78 is 2.01. The van der Waals surface area contributed by atoms with Gasteiger partial charge in [-0.2, -0.15) is 5.10 Å².